The molecule has 0 aliphatic carbocycles. The van der Waals surface area contributed by atoms with Crippen LogP contribution in [0.4, 0.5) is 5.69 Å². The van der Waals surface area contributed by atoms with Gasteiger partial charge in [0.2, 0.25) is 0 Å². The molecule has 0 radical (unpaired) electrons. The number of methoxy groups -OCH3 is 1. The van der Waals surface area contributed by atoms with E-state index in [0.29, 0.717) is 17.0 Å². The molecular weight excluding hydrogens is 278 g/mol. The van der Waals surface area contributed by atoms with E-state index in [1.54, 1.807) is 62.6 Å². The molecule has 1 unspecified atom stereocenters. The molecule has 2 aromatic rings. The van der Waals surface area contributed by atoms with Crippen molar-refractivity contribution in [3.63, 3.8) is 0 Å². The van der Waals surface area contributed by atoms with Crippen molar-refractivity contribution in [2.45, 2.75) is 13.0 Å². The number of anilines is 1. The van der Waals surface area contributed by atoms with Crippen LogP contribution in [0.1, 0.15) is 12.5 Å². The zero-order chi connectivity index (χ0) is 15.9. The summed E-state index contributed by atoms with van der Waals surface area (Å²) in [6.45, 7) is 1.69. The number of ether oxygens (including phenoxy) is 2. The molecule has 1 amide bonds. The molecule has 22 heavy (non-hydrogen) atoms. The summed E-state index contributed by atoms with van der Waals surface area (Å²) in [7, 11) is 1.59. The van der Waals surface area contributed by atoms with Crippen LogP contribution in [0.3, 0.4) is 0 Å². The van der Waals surface area contributed by atoms with Crippen LogP contribution in [0.2, 0.25) is 0 Å². The number of hydrogen-bond acceptors (Lipinski definition) is 3. The van der Waals surface area contributed by atoms with Crippen LogP contribution in [0.25, 0.3) is 0 Å². The van der Waals surface area contributed by atoms with Crippen LogP contribution in [0.5, 0.6) is 11.5 Å². The van der Waals surface area contributed by atoms with E-state index in [2.05, 4.69) is 11.2 Å². The lowest BCUT2D eigenvalue weighted by Crippen LogP contribution is -2.30. The van der Waals surface area contributed by atoms with Gasteiger partial charge in [0.25, 0.3) is 5.91 Å². The zero-order valence-corrected chi connectivity index (χ0v) is 12.5. The number of hydrogen-bond donors (Lipinski definition) is 1. The van der Waals surface area contributed by atoms with Gasteiger partial charge in [-0.25, -0.2) is 0 Å². The molecule has 2 rings (SSSR count). The van der Waals surface area contributed by atoms with Gasteiger partial charge in [0.1, 0.15) is 11.5 Å². The Balaban J connectivity index is 1.97. The molecule has 1 atom stereocenters. The van der Waals surface area contributed by atoms with Crippen molar-refractivity contribution in [2.24, 2.45) is 0 Å². The van der Waals surface area contributed by atoms with Gasteiger partial charge in [-0.3, -0.25) is 4.79 Å². The first kappa shape index (κ1) is 15.5. The van der Waals surface area contributed by atoms with Crippen molar-refractivity contribution in [3.05, 3.63) is 54.1 Å². The first-order valence-corrected chi connectivity index (χ1v) is 6.80. The summed E-state index contributed by atoms with van der Waals surface area (Å²) in [6, 6.07) is 14.2. The predicted molar refractivity (Wildman–Crippen MR) is 86.1 cm³/mol. The molecule has 2 aromatic carbocycles. The second-order valence-corrected chi connectivity index (χ2v) is 4.65. The minimum absolute atomic E-state index is 0.245. The van der Waals surface area contributed by atoms with Gasteiger partial charge in [-0.2, -0.15) is 0 Å². The number of carbonyl (C=O) groups is 1. The van der Waals surface area contributed by atoms with E-state index >= 15 is 0 Å². The Morgan fingerprint density at radius 3 is 2.50 bits per heavy atom. The number of nitrogens with one attached hydrogen (secondary N) is 1. The molecule has 0 spiro atoms. The summed E-state index contributed by atoms with van der Waals surface area (Å²) < 4.78 is 10.7. The Kier molecular flexibility index (Phi) is 5.05. The monoisotopic (exact) mass is 295 g/mol. The average molecular weight is 295 g/mol. The smallest absolute Gasteiger partial charge is 0.265 e. The van der Waals surface area contributed by atoms with Gasteiger partial charge in [0.15, 0.2) is 6.10 Å². The Morgan fingerprint density at radius 2 is 1.86 bits per heavy atom. The van der Waals surface area contributed by atoms with Crippen molar-refractivity contribution < 1.29 is 14.3 Å². The SMILES string of the molecule is C#Cc1cccc(NC(=O)C(C)Oc2ccc(OC)cc2)c1. The quantitative estimate of drug-likeness (QED) is 0.862. The normalized spacial score (nSPS) is 11.1. The molecule has 0 fully saturated rings. The molecule has 4 heteroatoms. The van der Waals surface area contributed by atoms with E-state index in [-0.39, 0.29) is 5.91 Å². The number of benzene rings is 2. The molecule has 4 nitrogen and oxygen atoms in total. The maximum Gasteiger partial charge on any atom is 0.265 e. The minimum atomic E-state index is -0.636. The number of carbonyl (C=O) groups excluding carboxylic acids is 1. The third kappa shape index (κ3) is 4.03. The van der Waals surface area contributed by atoms with Crippen LogP contribution in [0, 0.1) is 12.3 Å². The van der Waals surface area contributed by atoms with E-state index in [0.717, 1.165) is 5.75 Å². The van der Waals surface area contributed by atoms with Crippen molar-refractivity contribution in [1.29, 1.82) is 0 Å². The highest BCUT2D eigenvalue weighted by Gasteiger charge is 2.15. The maximum atomic E-state index is 12.1. The standard InChI is InChI=1S/C18H17NO3/c1-4-14-6-5-7-15(12-14)19-18(20)13(2)22-17-10-8-16(21-3)9-11-17/h1,5-13H,2-3H3,(H,19,20). The number of amides is 1. The molecule has 1 N–H and O–H groups in total. The molecule has 0 bridgehead atoms. The van der Waals surface area contributed by atoms with Gasteiger partial charge < -0.3 is 14.8 Å². The summed E-state index contributed by atoms with van der Waals surface area (Å²) in [6.07, 6.45) is 4.70. The Bertz CT molecular complexity index is 686. The highest BCUT2D eigenvalue weighted by molar-refractivity contribution is 5.94. The summed E-state index contributed by atoms with van der Waals surface area (Å²) >= 11 is 0. The van der Waals surface area contributed by atoms with E-state index < -0.39 is 6.10 Å². The van der Waals surface area contributed by atoms with Crippen LogP contribution in [0.15, 0.2) is 48.5 Å². The molecule has 0 aliphatic rings. The summed E-state index contributed by atoms with van der Waals surface area (Å²) in [5.41, 5.74) is 1.35. The maximum absolute atomic E-state index is 12.1. The van der Waals surface area contributed by atoms with Gasteiger partial charge in [-0.1, -0.05) is 12.0 Å². The molecule has 0 aliphatic heterocycles. The van der Waals surface area contributed by atoms with E-state index in [1.807, 2.05) is 0 Å². The molecule has 0 saturated heterocycles. The third-order valence-electron chi connectivity index (χ3n) is 3.04. The van der Waals surface area contributed by atoms with Crippen LogP contribution in [-0.2, 0) is 4.79 Å². The Labute approximate surface area is 130 Å². The van der Waals surface area contributed by atoms with E-state index in [1.165, 1.54) is 0 Å². The zero-order valence-electron chi connectivity index (χ0n) is 12.5. The minimum Gasteiger partial charge on any atom is -0.497 e. The van der Waals surface area contributed by atoms with Crippen molar-refractivity contribution in [2.75, 3.05) is 12.4 Å². The van der Waals surface area contributed by atoms with Crippen LogP contribution >= 0.6 is 0 Å². The second-order valence-electron chi connectivity index (χ2n) is 4.65. The van der Waals surface area contributed by atoms with Gasteiger partial charge in [-0.05, 0) is 49.4 Å². The largest absolute Gasteiger partial charge is 0.497 e. The molecular formula is C18H17NO3. The van der Waals surface area contributed by atoms with Crippen molar-refractivity contribution in [1.82, 2.24) is 0 Å². The fourth-order valence-electron chi connectivity index (χ4n) is 1.84. The van der Waals surface area contributed by atoms with E-state index in [9.17, 15) is 4.79 Å². The lowest BCUT2D eigenvalue weighted by atomic mass is 10.2. The van der Waals surface area contributed by atoms with Crippen molar-refractivity contribution >= 4 is 11.6 Å². The highest BCUT2D eigenvalue weighted by atomic mass is 16.5. The average Bonchev–Trinajstić information content (AvgIpc) is 2.55. The first-order valence-electron chi connectivity index (χ1n) is 6.80. The fraction of sp³-hybridized carbons (Fsp3) is 0.167. The highest BCUT2D eigenvalue weighted by Crippen LogP contribution is 2.18. The van der Waals surface area contributed by atoms with Gasteiger partial charge in [-0.15, -0.1) is 6.42 Å². The Hall–Kier alpha value is -2.93. The topological polar surface area (TPSA) is 47.6 Å². The van der Waals surface area contributed by atoms with Crippen LogP contribution in [-0.4, -0.2) is 19.1 Å². The molecule has 0 heterocycles. The first-order chi connectivity index (χ1) is 10.6. The fourth-order valence-corrected chi connectivity index (χ4v) is 1.84. The molecule has 0 aromatic heterocycles. The van der Waals surface area contributed by atoms with Gasteiger partial charge in [0, 0.05) is 11.3 Å². The summed E-state index contributed by atoms with van der Waals surface area (Å²) in [5.74, 6) is 3.61. The van der Waals surface area contributed by atoms with Gasteiger partial charge >= 0.3 is 0 Å². The summed E-state index contributed by atoms with van der Waals surface area (Å²) in [5, 5.41) is 2.78. The predicted octanol–water partition coefficient (Wildman–Crippen LogP) is 3.08. The Morgan fingerprint density at radius 1 is 1.18 bits per heavy atom. The molecule has 0 saturated carbocycles. The lowest BCUT2D eigenvalue weighted by Gasteiger charge is -2.15. The third-order valence-corrected chi connectivity index (χ3v) is 3.04. The van der Waals surface area contributed by atoms with Crippen LogP contribution < -0.4 is 14.8 Å². The number of terminal acetylenes is 1. The summed E-state index contributed by atoms with van der Waals surface area (Å²) in [4.78, 5) is 12.1. The van der Waals surface area contributed by atoms with Crippen molar-refractivity contribution in [3.8, 4) is 23.8 Å². The number of rotatable bonds is 5. The van der Waals surface area contributed by atoms with E-state index in [4.69, 9.17) is 15.9 Å². The second kappa shape index (κ2) is 7.19. The lowest BCUT2D eigenvalue weighted by molar-refractivity contribution is -0.122. The van der Waals surface area contributed by atoms with Gasteiger partial charge in [0.05, 0.1) is 7.11 Å². The molecule has 112 valence electrons.